The minimum absolute atomic E-state index is 0.377. The predicted molar refractivity (Wildman–Crippen MR) is 51.8 cm³/mol. The maximum absolute atomic E-state index is 10.1. The molecule has 0 rings (SSSR count). The molecule has 12 heavy (non-hydrogen) atoms. The monoisotopic (exact) mass is 165 g/mol. The van der Waals surface area contributed by atoms with Crippen LogP contribution in [0, 0.1) is 0 Å². The van der Waals surface area contributed by atoms with Gasteiger partial charge in [-0.05, 0) is 13.3 Å². The lowest BCUT2D eigenvalue weighted by molar-refractivity contribution is -0.108. The van der Waals surface area contributed by atoms with Crippen LogP contribution in [-0.4, -0.2) is 12.3 Å². The summed E-state index contributed by atoms with van der Waals surface area (Å²) >= 11 is 0. The Hall–Kier alpha value is -1.15. The van der Waals surface area contributed by atoms with E-state index in [0.29, 0.717) is 6.42 Å². The van der Waals surface area contributed by atoms with Gasteiger partial charge in [-0.2, -0.15) is 0 Å². The second-order valence-electron chi connectivity index (χ2n) is 2.58. The number of hydrogen-bond donors (Lipinski definition) is 1. The van der Waals surface area contributed by atoms with E-state index >= 15 is 0 Å². The van der Waals surface area contributed by atoms with Crippen molar-refractivity contribution >= 4 is 6.29 Å². The molecule has 2 N–H and O–H groups in total. The van der Waals surface area contributed by atoms with Crippen LogP contribution >= 0.6 is 0 Å². The predicted octanol–water partition coefficient (Wildman–Crippen LogP) is 1.59. The topological polar surface area (TPSA) is 43.1 Å². The molecule has 0 aromatic rings. The SMILES string of the molecule is C=C/C=C(C)\C=C/CC(N)C=O. The van der Waals surface area contributed by atoms with Gasteiger partial charge in [0.25, 0.3) is 0 Å². The zero-order chi connectivity index (χ0) is 9.40. The van der Waals surface area contributed by atoms with Crippen LogP contribution in [0.25, 0.3) is 0 Å². The Labute approximate surface area is 73.5 Å². The molecule has 0 saturated carbocycles. The average Bonchev–Trinajstić information content (AvgIpc) is 2.04. The molecule has 0 radical (unpaired) electrons. The Bertz CT molecular complexity index is 204. The van der Waals surface area contributed by atoms with E-state index in [9.17, 15) is 4.79 Å². The Morgan fingerprint density at radius 3 is 2.83 bits per heavy atom. The van der Waals surface area contributed by atoms with Crippen molar-refractivity contribution in [1.29, 1.82) is 0 Å². The van der Waals surface area contributed by atoms with Crippen molar-refractivity contribution in [2.45, 2.75) is 19.4 Å². The van der Waals surface area contributed by atoms with Gasteiger partial charge < -0.3 is 10.5 Å². The number of allylic oxidation sites excluding steroid dienone is 4. The van der Waals surface area contributed by atoms with Crippen molar-refractivity contribution in [2.24, 2.45) is 5.73 Å². The third-order valence-electron chi connectivity index (χ3n) is 1.34. The molecule has 0 spiro atoms. The van der Waals surface area contributed by atoms with Gasteiger partial charge >= 0.3 is 0 Å². The molecule has 1 atom stereocenters. The standard InChI is InChI=1S/C10H15NO/c1-3-5-9(2)6-4-7-10(11)8-12/h3-6,8,10H,1,7,11H2,2H3/b6-4-,9-5-. The van der Waals surface area contributed by atoms with Crippen molar-refractivity contribution in [3.63, 3.8) is 0 Å². The van der Waals surface area contributed by atoms with Crippen LogP contribution in [0.5, 0.6) is 0 Å². The van der Waals surface area contributed by atoms with Crippen molar-refractivity contribution in [3.05, 3.63) is 36.5 Å². The fourth-order valence-corrected chi connectivity index (χ4v) is 0.708. The lowest BCUT2D eigenvalue weighted by Crippen LogP contribution is -2.19. The molecule has 0 aromatic heterocycles. The van der Waals surface area contributed by atoms with Gasteiger partial charge in [-0.25, -0.2) is 0 Å². The van der Waals surface area contributed by atoms with Crippen molar-refractivity contribution in [1.82, 2.24) is 0 Å². The lowest BCUT2D eigenvalue weighted by atomic mass is 10.2. The number of nitrogens with two attached hydrogens (primary N) is 1. The summed E-state index contributed by atoms with van der Waals surface area (Å²) in [5, 5.41) is 0. The van der Waals surface area contributed by atoms with Gasteiger partial charge in [0.15, 0.2) is 0 Å². The summed E-state index contributed by atoms with van der Waals surface area (Å²) in [6.07, 6.45) is 8.75. The van der Waals surface area contributed by atoms with Gasteiger partial charge in [-0.3, -0.25) is 0 Å². The third kappa shape index (κ3) is 5.62. The van der Waals surface area contributed by atoms with E-state index in [2.05, 4.69) is 6.58 Å². The molecule has 1 unspecified atom stereocenters. The highest BCUT2D eigenvalue weighted by atomic mass is 16.1. The molecule has 0 aromatic carbocycles. The fraction of sp³-hybridized carbons (Fsp3) is 0.300. The summed E-state index contributed by atoms with van der Waals surface area (Å²) in [7, 11) is 0. The first-order chi connectivity index (χ1) is 5.70. The summed E-state index contributed by atoms with van der Waals surface area (Å²) in [4.78, 5) is 10.1. The second-order valence-corrected chi connectivity index (χ2v) is 2.58. The van der Waals surface area contributed by atoms with Gasteiger partial charge in [0.05, 0.1) is 6.04 Å². The molecule has 0 heterocycles. The first kappa shape index (κ1) is 10.8. The first-order valence-corrected chi connectivity index (χ1v) is 3.87. The number of carbonyl (C=O) groups excluding carboxylic acids is 1. The third-order valence-corrected chi connectivity index (χ3v) is 1.34. The second kappa shape index (κ2) is 6.55. The van der Waals surface area contributed by atoms with Crippen LogP contribution in [0.2, 0.25) is 0 Å². The molecule has 2 heteroatoms. The van der Waals surface area contributed by atoms with Gasteiger partial charge in [0, 0.05) is 0 Å². The number of rotatable bonds is 5. The van der Waals surface area contributed by atoms with Crippen LogP contribution in [0.15, 0.2) is 36.5 Å². The highest BCUT2D eigenvalue weighted by Crippen LogP contribution is 1.96. The van der Waals surface area contributed by atoms with Crippen LogP contribution in [0.3, 0.4) is 0 Å². The molecule has 0 aliphatic heterocycles. The lowest BCUT2D eigenvalue weighted by Gasteiger charge is -1.95. The van der Waals surface area contributed by atoms with E-state index < -0.39 is 0 Å². The molecular formula is C10H15NO. The molecule has 0 amide bonds. The summed E-state index contributed by atoms with van der Waals surface area (Å²) in [5.41, 5.74) is 6.47. The largest absolute Gasteiger partial charge is 0.321 e. The van der Waals surface area contributed by atoms with Crippen LogP contribution in [0.1, 0.15) is 13.3 Å². The fourth-order valence-electron chi connectivity index (χ4n) is 0.708. The normalized spacial score (nSPS) is 14.7. The molecule has 0 aliphatic rings. The quantitative estimate of drug-likeness (QED) is 0.496. The van der Waals surface area contributed by atoms with Crippen molar-refractivity contribution < 1.29 is 4.79 Å². The molecule has 0 aliphatic carbocycles. The highest BCUT2D eigenvalue weighted by molar-refractivity contribution is 5.57. The Balaban J connectivity index is 3.83. The Morgan fingerprint density at radius 2 is 2.33 bits per heavy atom. The van der Waals surface area contributed by atoms with Crippen LogP contribution in [0.4, 0.5) is 0 Å². The average molecular weight is 165 g/mol. The maximum Gasteiger partial charge on any atom is 0.136 e. The summed E-state index contributed by atoms with van der Waals surface area (Å²) in [6, 6.07) is -0.377. The van der Waals surface area contributed by atoms with E-state index in [1.54, 1.807) is 6.08 Å². The van der Waals surface area contributed by atoms with Crippen molar-refractivity contribution in [2.75, 3.05) is 0 Å². The molecule has 66 valence electrons. The number of carbonyl (C=O) groups is 1. The summed E-state index contributed by atoms with van der Waals surface area (Å²) in [6.45, 7) is 5.53. The Morgan fingerprint density at radius 1 is 1.67 bits per heavy atom. The molecular weight excluding hydrogens is 150 g/mol. The first-order valence-electron chi connectivity index (χ1n) is 3.87. The van der Waals surface area contributed by atoms with Gasteiger partial charge in [0.1, 0.15) is 6.29 Å². The molecule has 0 bridgehead atoms. The van der Waals surface area contributed by atoms with E-state index in [4.69, 9.17) is 5.73 Å². The van der Waals surface area contributed by atoms with Gasteiger partial charge in [-0.15, -0.1) is 0 Å². The van der Waals surface area contributed by atoms with Crippen molar-refractivity contribution in [3.8, 4) is 0 Å². The molecule has 0 fully saturated rings. The maximum atomic E-state index is 10.1. The van der Waals surface area contributed by atoms with E-state index in [0.717, 1.165) is 11.9 Å². The minimum atomic E-state index is -0.377. The van der Waals surface area contributed by atoms with Gasteiger partial charge in [0.2, 0.25) is 0 Å². The highest BCUT2D eigenvalue weighted by Gasteiger charge is 1.93. The smallest absolute Gasteiger partial charge is 0.136 e. The van der Waals surface area contributed by atoms with E-state index in [-0.39, 0.29) is 6.04 Å². The summed E-state index contributed by atoms with van der Waals surface area (Å²) in [5.74, 6) is 0. The van der Waals surface area contributed by atoms with Crippen LogP contribution < -0.4 is 5.73 Å². The zero-order valence-corrected chi connectivity index (χ0v) is 7.36. The number of aldehydes is 1. The molecule has 2 nitrogen and oxygen atoms in total. The van der Waals surface area contributed by atoms with E-state index in [1.807, 2.05) is 25.2 Å². The summed E-state index contributed by atoms with van der Waals surface area (Å²) < 4.78 is 0. The number of hydrogen-bond acceptors (Lipinski definition) is 2. The van der Waals surface area contributed by atoms with E-state index in [1.165, 1.54) is 0 Å². The Kier molecular flexibility index (Phi) is 5.93. The van der Waals surface area contributed by atoms with Crippen LogP contribution in [-0.2, 0) is 4.79 Å². The molecule has 0 saturated heterocycles. The zero-order valence-electron chi connectivity index (χ0n) is 7.36. The minimum Gasteiger partial charge on any atom is -0.321 e. The van der Waals surface area contributed by atoms with Gasteiger partial charge in [-0.1, -0.05) is 36.5 Å².